The summed E-state index contributed by atoms with van der Waals surface area (Å²) in [5, 5.41) is 5.37. The number of rotatable bonds is 6. The van der Waals surface area contributed by atoms with E-state index in [1.807, 2.05) is 7.05 Å². The predicted molar refractivity (Wildman–Crippen MR) is 94.1 cm³/mol. The average molecular weight is 418 g/mol. The molecule has 2 rings (SSSR count). The summed E-state index contributed by atoms with van der Waals surface area (Å²) in [5.41, 5.74) is 3.97. The van der Waals surface area contributed by atoms with Crippen LogP contribution in [-0.4, -0.2) is 19.0 Å². The highest BCUT2D eigenvalue weighted by atomic mass is 79.9. The van der Waals surface area contributed by atoms with E-state index < -0.39 is 0 Å². The number of halogens is 2. The van der Waals surface area contributed by atoms with E-state index in [2.05, 4.69) is 78.8 Å². The van der Waals surface area contributed by atoms with Gasteiger partial charge in [0.25, 0.3) is 0 Å². The Morgan fingerprint density at radius 2 is 1.95 bits per heavy atom. The maximum Gasteiger partial charge on any atom is 0.0701 e. The second kappa shape index (κ2) is 7.71. The minimum absolute atomic E-state index is 0.900. The highest BCUT2D eigenvalue weighted by Gasteiger charge is 2.07. The Morgan fingerprint density at radius 3 is 2.55 bits per heavy atom. The van der Waals surface area contributed by atoms with Crippen molar-refractivity contribution in [3.8, 4) is 0 Å². The number of hydrogen-bond acceptors (Lipinski definition) is 3. The quantitative estimate of drug-likeness (QED) is 0.737. The second-order valence-electron chi connectivity index (χ2n) is 4.89. The van der Waals surface area contributed by atoms with Crippen LogP contribution in [0.4, 0.5) is 0 Å². The first kappa shape index (κ1) is 16.2. The van der Waals surface area contributed by atoms with Crippen LogP contribution in [0, 0.1) is 0 Å². The molecular weight excluding hydrogens is 400 g/mol. The van der Waals surface area contributed by atoms with E-state index in [0.717, 1.165) is 19.6 Å². The van der Waals surface area contributed by atoms with Gasteiger partial charge in [-0.1, -0.05) is 28.1 Å². The topological polar surface area (TPSA) is 15.3 Å². The van der Waals surface area contributed by atoms with Crippen LogP contribution >= 0.6 is 43.2 Å². The monoisotopic (exact) mass is 416 g/mol. The van der Waals surface area contributed by atoms with E-state index in [0.29, 0.717) is 0 Å². The fourth-order valence-corrected chi connectivity index (χ4v) is 3.87. The molecule has 0 amide bonds. The molecule has 5 heteroatoms. The van der Waals surface area contributed by atoms with E-state index in [9.17, 15) is 0 Å². The van der Waals surface area contributed by atoms with Crippen LogP contribution in [0.3, 0.4) is 0 Å². The third kappa shape index (κ3) is 4.67. The first-order valence-corrected chi connectivity index (χ1v) is 8.88. The zero-order chi connectivity index (χ0) is 14.5. The number of thiophene rings is 1. The van der Waals surface area contributed by atoms with Crippen LogP contribution in [0.2, 0.25) is 0 Å². The van der Waals surface area contributed by atoms with E-state index in [1.165, 1.54) is 24.9 Å². The van der Waals surface area contributed by atoms with Crippen molar-refractivity contribution in [2.45, 2.75) is 19.6 Å². The van der Waals surface area contributed by atoms with Gasteiger partial charge in [0.1, 0.15) is 0 Å². The van der Waals surface area contributed by atoms with E-state index in [4.69, 9.17) is 0 Å². The summed E-state index contributed by atoms with van der Waals surface area (Å²) >= 11 is 8.92. The molecule has 108 valence electrons. The summed E-state index contributed by atoms with van der Waals surface area (Å²) in [4.78, 5) is 2.33. The Bertz CT molecular complexity index is 569. The summed E-state index contributed by atoms with van der Waals surface area (Å²) in [6.07, 6.45) is 0. The van der Waals surface area contributed by atoms with Crippen molar-refractivity contribution in [1.29, 1.82) is 0 Å². The second-order valence-corrected chi connectivity index (χ2v) is 8.03. The van der Waals surface area contributed by atoms with Crippen LogP contribution in [0.25, 0.3) is 0 Å². The molecule has 0 saturated heterocycles. The number of nitrogens with one attached hydrogen (secondary N) is 1. The number of nitrogens with zero attached hydrogens (tertiary/aromatic N) is 1. The third-order valence-corrected chi connectivity index (χ3v) is 5.30. The molecule has 0 spiro atoms. The van der Waals surface area contributed by atoms with Crippen LogP contribution in [0.1, 0.15) is 16.7 Å². The van der Waals surface area contributed by atoms with Crippen molar-refractivity contribution in [2.75, 3.05) is 14.1 Å². The van der Waals surface area contributed by atoms with Crippen molar-refractivity contribution < 1.29 is 0 Å². The summed E-state index contributed by atoms with van der Waals surface area (Å²) in [6.45, 7) is 2.80. The Hall–Kier alpha value is -0.200. The fourth-order valence-electron chi connectivity index (χ4n) is 2.12. The van der Waals surface area contributed by atoms with Crippen molar-refractivity contribution in [3.63, 3.8) is 0 Å². The van der Waals surface area contributed by atoms with Gasteiger partial charge < -0.3 is 5.32 Å². The molecule has 2 nitrogen and oxygen atoms in total. The lowest BCUT2D eigenvalue weighted by Crippen LogP contribution is -2.17. The highest BCUT2D eigenvalue weighted by molar-refractivity contribution is 9.11. The molecule has 0 bridgehead atoms. The van der Waals surface area contributed by atoms with Gasteiger partial charge in [0.15, 0.2) is 0 Å². The maximum atomic E-state index is 3.68. The molecule has 0 aliphatic rings. The lowest BCUT2D eigenvalue weighted by molar-refractivity contribution is 0.319. The van der Waals surface area contributed by atoms with Crippen LogP contribution in [0.5, 0.6) is 0 Å². The minimum Gasteiger partial charge on any atom is -0.316 e. The fraction of sp³-hybridized carbons (Fsp3) is 0.333. The molecule has 0 saturated carbocycles. The van der Waals surface area contributed by atoms with E-state index >= 15 is 0 Å². The molecule has 0 fully saturated rings. The summed E-state index contributed by atoms with van der Waals surface area (Å²) in [5.74, 6) is 0. The third-order valence-electron chi connectivity index (χ3n) is 3.01. The normalized spacial score (nSPS) is 11.2. The first-order chi connectivity index (χ1) is 9.58. The molecule has 0 unspecified atom stereocenters. The van der Waals surface area contributed by atoms with Gasteiger partial charge in [-0.05, 0) is 64.2 Å². The predicted octanol–water partition coefficient (Wildman–Crippen LogP) is 4.62. The van der Waals surface area contributed by atoms with Crippen molar-refractivity contribution in [2.24, 2.45) is 0 Å². The zero-order valence-electron chi connectivity index (χ0n) is 11.6. The van der Waals surface area contributed by atoms with Gasteiger partial charge in [-0.25, -0.2) is 0 Å². The van der Waals surface area contributed by atoms with Gasteiger partial charge in [0, 0.05) is 24.1 Å². The average Bonchev–Trinajstić information content (AvgIpc) is 2.78. The SMILES string of the molecule is CNCc1ccc(CN(C)Cc2csc(Br)c2)c(Br)c1. The molecule has 1 aromatic heterocycles. The molecule has 0 atom stereocenters. The number of benzene rings is 1. The summed E-state index contributed by atoms with van der Waals surface area (Å²) < 4.78 is 2.38. The molecule has 1 N–H and O–H groups in total. The lowest BCUT2D eigenvalue weighted by atomic mass is 10.1. The maximum absolute atomic E-state index is 3.68. The van der Waals surface area contributed by atoms with Gasteiger partial charge in [-0.15, -0.1) is 11.3 Å². The molecular formula is C15H18Br2N2S. The molecule has 0 radical (unpaired) electrons. The minimum atomic E-state index is 0.900. The Morgan fingerprint density at radius 1 is 1.15 bits per heavy atom. The highest BCUT2D eigenvalue weighted by Crippen LogP contribution is 2.23. The summed E-state index contributed by atoms with van der Waals surface area (Å²) in [6, 6.07) is 8.77. The first-order valence-electron chi connectivity index (χ1n) is 6.42. The van der Waals surface area contributed by atoms with Crippen LogP contribution < -0.4 is 5.32 Å². The molecule has 1 aromatic carbocycles. The van der Waals surface area contributed by atoms with Gasteiger partial charge >= 0.3 is 0 Å². The van der Waals surface area contributed by atoms with Gasteiger partial charge in [0.05, 0.1) is 3.79 Å². The summed E-state index contributed by atoms with van der Waals surface area (Å²) in [7, 11) is 4.12. The molecule has 20 heavy (non-hydrogen) atoms. The molecule has 0 aliphatic heterocycles. The van der Waals surface area contributed by atoms with E-state index in [1.54, 1.807) is 11.3 Å². The Kier molecular flexibility index (Phi) is 6.23. The van der Waals surface area contributed by atoms with Crippen LogP contribution in [0.15, 0.2) is 37.9 Å². The van der Waals surface area contributed by atoms with Gasteiger partial charge in [-0.2, -0.15) is 0 Å². The standard InChI is InChI=1S/C15H18Br2N2S/c1-18-7-11-3-4-13(14(16)5-11)9-19(2)8-12-6-15(17)20-10-12/h3-6,10,18H,7-9H2,1-2H3. The largest absolute Gasteiger partial charge is 0.316 e. The zero-order valence-corrected chi connectivity index (χ0v) is 15.6. The van der Waals surface area contributed by atoms with Crippen molar-refractivity contribution in [3.05, 3.63) is 54.6 Å². The molecule has 0 aliphatic carbocycles. The van der Waals surface area contributed by atoms with Crippen molar-refractivity contribution >= 4 is 43.2 Å². The molecule has 1 heterocycles. The lowest BCUT2D eigenvalue weighted by Gasteiger charge is -2.17. The number of hydrogen-bond donors (Lipinski definition) is 1. The Labute approximate surface area is 141 Å². The Balaban J connectivity index is 1.98. The van der Waals surface area contributed by atoms with Crippen molar-refractivity contribution in [1.82, 2.24) is 10.2 Å². The van der Waals surface area contributed by atoms with Gasteiger partial charge in [-0.3, -0.25) is 4.90 Å². The van der Waals surface area contributed by atoms with Crippen LogP contribution in [-0.2, 0) is 19.6 Å². The smallest absolute Gasteiger partial charge is 0.0701 e. The van der Waals surface area contributed by atoms with Gasteiger partial charge in [0.2, 0.25) is 0 Å². The van der Waals surface area contributed by atoms with E-state index in [-0.39, 0.29) is 0 Å². The molecule has 2 aromatic rings.